The van der Waals surface area contributed by atoms with Gasteiger partial charge in [0.15, 0.2) is 0 Å². The number of nitro benzene ring substituents is 1. The van der Waals surface area contributed by atoms with Crippen LogP contribution in [-0.4, -0.2) is 23.3 Å². The van der Waals surface area contributed by atoms with Crippen LogP contribution in [0.5, 0.6) is 5.75 Å². The molecular weight excluding hydrogens is 338 g/mol. The molecule has 0 bridgehead atoms. The first-order valence-electron chi connectivity index (χ1n) is 7.95. The van der Waals surface area contributed by atoms with Gasteiger partial charge in [-0.3, -0.25) is 30.6 Å². The first-order valence-corrected chi connectivity index (χ1v) is 7.95. The second kappa shape index (κ2) is 8.61. The highest BCUT2D eigenvalue weighted by atomic mass is 16.6. The molecule has 0 atom stereocenters. The van der Waals surface area contributed by atoms with Gasteiger partial charge < -0.3 is 4.74 Å². The summed E-state index contributed by atoms with van der Waals surface area (Å²) in [6.07, 6.45) is 0. The molecule has 0 saturated carbocycles. The van der Waals surface area contributed by atoms with E-state index >= 15 is 0 Å². The lowest BCUT2D eigenvalue weighted by molar-refractivity contribution is -0.384. The number of carbonyl (C=O) groups excluding carboxylic acids is 2. The molecule has 136 valence electrons. The highest BCUT2D eigenvalue weighted by Gasteiger charge is 2.12. The minimum absolute atomic E-state index is 0.121. The lowest BCUT2D eigenvalue weighted by Gasteiger charge is -2.11. The smallest absolute Gasteiger partial charge is 0.269 e. The molecule has 8 heteroatoms. The third-order valence-corrected chi connectivity index (χ3v) is 3.31. The zero-order chi connectivity index (χ0) is 19.1. The minimum Gasteiger partial charge on any atom is -0.493 e. The molecule has 8 nitrogen and oxygen atoms in total. The largest absolute Gasteiger partial charge is 0.493 e. The molecule has 2 aromatic rings. The number of amides is 2. The molecule has 0 aliphatic rings. The van der Waals surface area contributed by atoms with E-state index in [1.807, 2.05) is 13.8 Å². The van der Waals surface area contributed by atoms with Gasteiger partial charge in [-0.05, 0) is 36.2 Å². The monoisotopic (exact) mass is 357 g/mol. The Balaban J connectivity index is 1.94. The van der Waals surface area contributed by atoms with Crippen LogP contribution < -0.4 is 15.6 Å². The Morgan fingerprint density at radius 2 is 1.65 bits per heavy atom. The van der Waals surface area contributed by atoms with E-state index in [0.29, 0.717) is 23.8 Å². The first kappa shape index (κ1) is 18.9. The van der Waals surface area contributed by atoms with Gasteiger partial charge in [0.2, 0.25) is 0 Å². The molecule has 0 aliphatic carbocycles. The van der Waals surface area contributed by atoms with E-state index in [9.17, 15) is 19.7 Å². The van der Waals surface area contributed by atoms with Crippen molar-refractivity contribution in [3.05, 3.63) is 69.8 Å². The van der Waals surface area contributed by atoms with Crippen molar-refractivity contribution in [1.29, 1.82) is 0 Å². The van der Waals surface area contributed by atoms with Gasteiger partial charge in [0.25, 0.3) is 17.5 Å². The Labute approximate surface area is 150 Å². The molecule has 0 saturated heterocycles. The van der Waals surface area contributed by atoms with Crippen molar-refractivity contribution in [1.82, 2.24) is 10.9 Å². The number of non-ortho nitro benzene ring substituents is 1. The summed E-state index contributed by atoms with van der Waals surface area (Å²) >= 11 is 0. The van der Waals surface area contributed by atoms with Crippen molar-refractivity contribution in [2.45, 2.75) is 13.8 Å². The fourth-order valence-electron chi connectivity index (χ4n) is 1.98. The van der Waals surface area contributed by atoms with Gasteiger partial charge in [-0.15, -0.1) is 0 Å². The summed E-state index contributed by atoms with van der Waals surface area (Å²) in [4.78, 5) is 34.2. The Hall–Kier alpha value is -3.42. The predicted molar refractivity (Wildman–Crippen MR) is 94.8 cm³/mol. The average Bonchev–Trinajstić information content (AvgIpc) is 2.64. The molecule has 2 N–H and O–H groups in total. The van der Waals surface area contributed by atoms with Crippen molar-refractivity contribution in [2.24, 2.45) is 5.92 Å². The predicted octanol–water partition coefficient (Wildman–Crippen LogP) is 2.70. The summed E-state index contributed by atoms with van der Waals surface area (Å²) in [6, 6.07) is 11.6. The number of carbonyl (C=O) groups is 2. The summed E-state index contributed by atoms with van der Waals surface area (Å²) in [7, 11) is 0. The molecule has 2 aromatic carbocycles. The summed E-state index contributed by atoms with van der Waals surface area (Å²) in [5.74, 6) is -0.169. The van der Waals surface area contributed by atoms with Gasteiger partial charge in [-0.25, -0.2) is 0 Å². The molecule has 26 heavy (non-hydrogen) atoms. The van der Waals surface area contributed by atoms with E-state index in [2.05, 4.69) is 10.9 Å². The maximum absolute atomic E-state index is 12.1. The van der Waals surface area contributed by atoms with Crippen molar-refractivity contribution in [3.63, 3.8) is 0 Å². The number of hydrogen-bond acceptors (Lipinski definition) is 5. The van der Waals surface area contributed by atoms with E-state index in [-0.39, 0.29) is 11.3 Å². The summed E-state index contributed by atoms with van der Waals surface area (Å²) in [6.45, 7) is 4.57. The number of nitrogens with zero attached hydrogens (tertiary/aromatic N) is 1. The van der Waals surface area contributed by atoms with Crippen LogP contribution in [0.3, 0.4) is 0 Å². The van der Waals surface area contributed by atoms with E-state index in [1.165, 1.54) is 24.3 Å². The van der Waals surface area contributed by atoms with Gasteiger partial charge in [-0.2, -0.15) is 0 Å². The van der Waals surface area contributed by atoms with Crippen LogP contribution in [0.25, 0.3) is 0 Å². The van der Waals surface area contributed by atoms with E-state index < -0.39 is 16.7 Å². The third-order valence-electron chi connectivity index (χ3n) is 3.31. The lowest BCUT2D eigenvalue weighted by Crippen LogP contribution is -2.41. The number of hydrogen-bond donors (Lipinski definition) is 2. The Morgan fingerprint density at radius 3 is 2.23 bits per heavy atom. The van der Waals surface area contributed by atoms with Gasteiger partial charge in [0, 0.05) is 23.3 Å². The summed E-state index contributed by atoms with van der Waals surface area (Å²) in [5, 5.41) is 10.6. The maximum atomic E-state index is 12.1. The molecule has 2 rings (SSSR count). The zero-order valence-corrected chi connectivity index (χ0v) is 14.4. The van der Waals surface area contributed by atoms with Crippen LogP contribution in [0.2, 0.25) is 0 Å². The zero-order valence-electron chi connectivity index (χ0n) is 14.4. The molecule has 0 unspecified atom stereocenters. The molecule has 0 heterocycles. The molecule has 0 aromatic heterocycles. The second-order valence-electron chi connectivity index (χ2n) is 5.94. The van der Waals surface area contributed by atoms with Gasteiger partial charge in [0.05, 0.1) is 11.5 Å². The number of nitrogens with one attached hydrogen (secondary N) is 2. The van der Waals surface area contributed by atoms with Crippen molar-refractivity contribution < 1.29 is 19.2 Å². The van der Waals surface area contributed by atoms with Crippen LogP contribution in [0.1, 0.15) is 34.6 Å². The minimum atomic E-state index is -0.583. The number of hydrazine groups is 1. The van der Waals surface area contributed by atoms with Crippen molar-refractivity contribution in [3.8, 4) is 5.75 Å². The van der Waals surface area contributed by atoms with Crippen molar-refractivity contribution in [2.75, 3.05) is 6.61 Å². The number of ether oxygens (including phenoxy) is 1. The standard InChI is InChI=1S/C18H19N3O5/c1-12(2)11-26-16-5-3-4-14(10-16)18(23)20-19-17(22)13-6-8-15(9-7-13)21(24)25/h3-10,12H,11H2,1-2H3,(H,19,22)(H,20,23). The molecule has 2 amide bonds. The highest BCUT2D eigenvalue weighted by Crippen LogP contribution is 2.14. The van der Waals surface area contributed by atoms with Gasteiger partial charge in [0.1, 0.15) is 5.75 Å². The molecule has 0 aliphatic heterocycles. The quantitative estimate of drug-likeness (QED) is 0.610. The highest BCUT2D eigenvalue weighted by molar-refractivity contribution is 5.99. The molecule has 0 spiro atoms. The Kier molecular flexibility index (Phi) is 6.26. The molecule has 0 radical (unpaired) electrons. The van der Waals surface area contributed by atoms with Crippen LogP contribution in [-0.2, 0) is 0 Å². The van der Waals surface area contributed by atoms with Crippen LogP contribution in [0.4, 0.5) is 5.69 Å². The first-order chi connectivity index (χ1) is 12.4. The molecular formula is C18H19N3O5. The van der Waals surface area contributed by atoms with Crippen LogP contribution in [0, 0.1) is 16.0 Å². The van der Waals surface area contributed by atoms with Gasteiger partial charge in [-0.1, -0.05) is 19.9 Å². The topological polar surface area (TPSA) is 111 Å². The Bertz CT molecular complexity index is 803. The Morgan fingerprint density at radius 1 is 1.04 bits per heavy atom. The van der Waals surface area contributed by atoms with E-state index in [4.69, 9.17) is 4.74 Å². The SMILES string of the molecule is CC(C)COc1cccc(C(=O)NNC(=O)c2ccc([N+](=O)[O-])cc2)c1. The van der Waals surface area contributed by atoms with E-state index in [0.717, 1.165) is 0 Å². The molecule has 0 fully saturated rings. The third kappa shape index (κ3) is 5.30. The number of nitro groups is 1. The maximum Gasteiger partial charge on any atom is 0.269 e. The van der Waals surface area contributed by atoms with Crippen molar-refractivity contribution >= 4 is 17.5 Å². The summed E-state index contributed by atoms with van der Waals surface area (Å²) in [5.41, 5.74) is 4.96. The van der Waals surface area contributed by atoms with Crippen LogP contribution in [0.15, 0.2) is 48.5 Å². The fraction of sp³-hybridized carbons (Fsp3) is 0.222. The normalized spacial score (nSPS) is 10.3. The summed E-state index contributed by atoms with van der Waals surface area (Å²) < 4.78 is 5.56. The number of benzene rings is 2. The fourth-order valence-corrected chi connectivity index (χ4v) is 1.98. The van der Waals surface area contributed by atoms with Crippen LogP contribution >= 0.6 is 0 Å². The van der Waals surface area contributed by atoms with E-state index in [1.54, 1.807) is 24.3 Å². The van der Waals surface area contributed by atoms with Gasteiger partial charge >= 0.3 is 0 Å². The lowest BCUT2D eigenvalue weighted by atomic mass is 10.2. The number of rotatable bonds is 6. The average molecular weight is 357 g/mol. The second-order valence-corrected chi connectivity index (χ2v) is 5.94.